The van der Waals surface area contributed by atoms with Crippen LogP contribution in [0, 0.1) is 0 Å². The zero-order chi connectivity index (χ0) is 12.0. The van der Waals surface area contributed by atoms with Crippen molar-refractivity contribution < 1.29 is 23.5 Å². The van der Waals surface area contributed by atoms with Crippen LogP contribution in [0.2, 0.25) is 0 Å². The molecular weight excluding hydrogens is 251 g/mol. The first-order valence-corrected chi connectivity index (χ1v) is 8.17. The monoisotopic (exact) mass is 267 g/mol. The summed E-state index contributed by atoms with van der Waals surface area (Å²) in [7, 11) is -2.16. The van der Waals surface area contributed by atoms with Crippen LogP contribution in [-0.2, 0) is 18.6 Å². The standard InChI is InChI=1S/C9H17O5PS/c1-6-7-8(14-15(3,10)11)9(13-6,4-12-2)5-16-7/h6-8H,4-5H2,1-3H3,(H,10,11)/p-1/t6-,7?,8+,9-/m0/s1. The van der Waals surface area contributed by atoms with Crippen LogP contribution in [0.4, 0.5) is 0 Å². The summed E-state index contributed by atoms with van der Waals surface area (Å²) in [4.78, 5) is 11.3. The van der Waals surface area contributed by atoms with Gasteiger partial charge < -0.3 is 23.5 Å². The second-order valence-corrected chi connectivity index (χ2v) is 7.31. The van der Waals surface area contributed by atoms with E-state index in [0.717, 1.165) is 12.4 Å². The molecule has 0 radical (unpaired) electrons. The van der Waals surface area contributed by atoms with Crippen LogP contribution in [0.5, 0.6) is 0 Å². The highest BCUT2D eigenvalue weighted by atomic mass is 32.2. The molecule has 0 N–H and O–H groups in total. The molecule has 0 spiro atoms. The number of ether oxygens (including phenoxy) is 2. The Morgan fingerprint density at radius 2 is 2.38 bits per heavy atom. The zero-order valence-electron chi connectivity index (χ0n) is 9.54. The number of hydrogen-bond donors (Lipinski definition) is 0. The van der Waals surface area contributed by atoms with Crippen molar-refractivity contribution in [2.24, 2.45) is 0 Å². The lowest BCUT2D eigenvalue weighted by Crippen LogP contribution is -2.45. The van der Waals surface area contributed by atoms with E-state index >= 15 is 0 Å². The largest absolute Gasteiger partial charge is 0.779 e. The van der Waals surface area contributed by atoms with Gasteiger partial charge in [-0.1, -0.05) is 0 Å². The zero-order valence-corrected chi connectivity index (χ0v) is 11.3. The third kappa shape index (κ3) is 2.19. The summed E-state index contributed by atoms with van der Waals surface area (Å²) in [5.74, 6) is 0.723. The van der Waals surface area contributed by atoms with Gasteiger partial charge in [0.05, 0.1) is 18.0 Å². The van der Waals surface area contributed by atoms with Gasteiger partial charge >= 0.3 is 0 Å². The molecule has 0 aromatic carbocycles. The van der Waals surface area contributed by atoms with Crippen molar-refractivity contribution in [2.45, 2.75) is 30.0 Å². The molecule has 2 aliphatic heterocycles. The molecule has 5 nitrogen and oxygen atoms in total. The second kappa shape index (κ2) is 4.26. The summed E-state index contributed by atoms with van der Waals surface area (Å²) in [6.45, 7) is 3.40. The van der Waals surface area contributed by atoms with Crippen molar-refractivity contribution in [2.75, 3.05) is 26.1 Å². The molecule has 0 aliphatic carbocycles. The predicted molar refractivity (Wildman–Crippen MR) is 59.8 cm³/mol. The lowest BCUT2D eigenvalue weighted by atomic mass is 10.00. The summed E-state index contributed by atoms with van der Waals surface area (Å²) < 4.78 is 27.4. The Balaban J connectivity index is 2.19. The number of methoxy groups -OCH3 is 1. The Hall–Kier alpha value is 0.420. The van der Waals surface area contributed by atoms with Crippen molar-refractivity contribution in [1.82, 2.24) is 0 Å². The highest BCUT2D eigenvalue weighted by molar-refractivity contribution is 8.00. The van der Waals surface area contributed by atoms with Crippen LogP contribution in [0.1, 0.15) is 6.92 Å². The van der Waals surface area contributed by atoms with Crippen LogP contribution in [0.25, 0.3) is 0 Å². The Morgan fingerprint density at radius 3 is 2.88 bits per heavy atom. The molecule has 0 aromatic rings. The van der Waals surface area contributed by atoms with E-state index < -0.39 is 19.3 Å². The minimum Gasteiger partial charge on any atom is -0.779 e. The highest BCUT2D eigenvalue weighted by Gasteiger charge is 2.60. The van der Waals surface area contributed by atoms with Gasteiger partial charge in [0, 0.05) is 19.5 Å². The fraction of sp³-hybridized carbons (Fsp3) is 1.00. The molecular formula is C9H16O5PS-. The topological polar surface area (TPSA) is 67.8 Å². The Kier molecular flexibility index (Phi) is 3.43. The van der Waals surface area contributed by atoms with E-state index in [0.29, 0.717) is 6.61 Å². The Labute approximate surface area is 99.4 Å². The molecule has 2 bridgehead atoms. The van der Waals surface area contributed by atoms with Gasteiger partial charge in [-0.2, -0.15) is 0 Å². The first-order chi connectivity index (χ1) is 7.38. The highest BCUT2D eigenvalue weighted by Crippen LogP contribution is 2.53. The maximum atomic E-state index is 11.3. The molecule has 2 saturated heterocycles. The van der Waals surface area contributed by atoms with Gasteiger partial charge in [-0.3, -0.25) is 0 Å². The summed E-state index contributed by atoms with van der Waals surface area (Å²) in [6.07, 6.45) is -0.411. The summed E-state index contributed by atoms with van der Waals surface area (Å²) in [6, 6.07) is 0. The minimum atomic E-state index is -3.74. The summed E-state index contributed by atoms with van der Waals surface area (Å²) in [5.41, 5.74) is -0.598. The molecule has 2 heterocycles. The molecule has 94 valence electrons. The Bertz CT molecular complexity index is 319. The van der Waals surface area contributed by atoms with Gasteiger partial charge in [-0.15, -0.1) is 11.8 Å². The average Bonchev–Trinajstić information content (AvgIpc) is 2.54. The normalized spacial score (nSPS) is 45.9. The van der Waals surface area contributed by atoms with E-state index in [-0.39, 0.29) is 11.4 Å². The van der Waals surface area contributed by atoms with E-state index in [4.69, 9.17) is 14.0 Å². The van der Waals surface area contributed by atoms with E-state index in [9.17, 15) is 9.46 Å². The molecule has 2 unspecified atom stereocenters. The molecule has 2 fully saturated rings. The SMILES string of the molecule is COC[C@@]12CSC([C@H](C)O1)[C@H]2OP(C)(=O)[O-]. The van der Waals surface area contributed by atoms with Crippen molar-refractivity contribution in [3.63, 3.8) is 0 Å². The van der Waals surface area contributed by atoms with Crippen LogP contribution < -0.4 is 4.89 Å². The second-order valence-electron chi connectivity index (χ2n) is 4.39. The summed E-state index contributed by atoms with van der Waals surface area (Å²) >= 11 is 1.70. The van der Waals surface area contributed by atoms with Crippen LogP contribution >= 0.6 is 19.4 Å². The Morgan fingerprint density at radius 1 is 1.69 bits per heavy atom. The van der Waals surface area contributed by atoms with Gasteiger partial charge in [-0.05, 0) is 6.92 Å². The average molecular weight is 267 g/mol. The third-order valence-corrected chi connectivity index (χ3v) is 5.19. The van der Waals surface area contributed by atoms with E-state index in [1.165, 1.54) is 0 Å². The van der Waals surface area contributed by atoms with Gasteiger partial charge in [0.2, 0.25) is 0 Å². The number of hydrogen-bond acceptors (Lipinski definition) is 6. The van der Waals surface area contributed by atoms with Crippen molar-refractivity contribution in [1.29, 1.82) is 0 Å². The van der Waals surface area contributed by atoms with Gasteiger partial charge in [-0.25, -0.2) is 0 Å². The molecule has 7 heteroatoms. The van der Waals surface area contributed by atoms with E-state index in [1.807, 2.05) is 6.92 Å². The number of rotatable bonds is 4. The lowest BCUT2D eigenvalue weighted by Gasteiger charge is -2.32. The first-order valence-electron chi connectivity index (χ1n) is 5.13. The van der Waals surface area contributed by atoms with Crippen LogP contribution in [0.3, 0.4) is 0 Å². The van der Waals surface area contributed by atoms with Gasteiger partial charge in [0.1, 0.15) is 19.3 Å². The molecule has 0 amide bonds. The first kappa shape index (κ1) is 12.9. The number of thioether (sulfide) groups is 1. The molecule has 0 saturated carbocycles. The van der Waals surface area contributed by atoms with Crippen molar-refractivity contribution in [3.8, 4) is 0 Å². The van der Waals surface area contributed by atoms with Gasteiger partial charge in [0.15, 0.2) is 0 Å². The molecule has 5 atom stereocenters. The minimum absolute atomic E-state index is 0.00505. The maximum absolute atomic E-state index is 11.3. The lowest BCUT2D eigenvalue weighted by molar-refractivity contribution is -0.206. The van der Waals surface area contributed by atoms with Gasteiger partial charge in [0.25, 0.3) is 0 Å². The summed E-state index contributed by atoms with van der Waals surface area (Å²) in [5, 5.41) is 0.0809. The molecule has 2 aliphatic rings. The number of fused-ring (bicyclic) bond motifs is 2. The van der Waals surface area contributed by atoms with Crippen LogP contribution in [0.15, 0.2) is 0 Å². The third-order valence-electron chi connectivity index (χ3n) is 2.91. The van der Waals surface area contributed by atoms with E-state index in [2.05, 4.69) is 0 Å². The van der Waals surface area contributed by atoms with Crippen LogP contribution in [-0.4, -0.2) is 49.2 Å². The quantitative estimate of drug-likeness (QED) is 0.690. The van der Waals surface area contributed by atoms with E-state index in [1.54, 1.807) is 18.9 Å². The maximum Gasteiger partial charge on any atom is 0.132 e. The molecule has 16 heavy (non-hydrogen) atoms. The molecule has 2 rings (SSSR count). The fourth-order valence-corrected chi connectivity index (χ4v) is 4.80. The predicted octanol–water partition coefficient (Wildman–Crippen LogP) is 0.474. The van der Waals surface area contributed by atoms with Crippen molar-refractivity contribution in [3.05, 3.63) is 0 Å². The smallest absolute Gasteiger partial charge is 0.132 e. The van der Waals surface area contributed by atoms with Crippen molar-refractivity contribution >= 4 is 19.4 Å². The molecule has 0 aromatic heterocycles. The fourth-order valence-electron chi connectivity index (χ4n) is 2.39.